The van der Waals surface area contributed by atoms with E-state index in [1.54, 1.807) is 0 Å². The predicted octanol–water partition coefficient (Wildman–Crippen LogP) is 4.89. The molecule has 0 radical (unpaired) electrons. The minimum Gasteiger partial charge on any atom is -0.493 e. The summed E-state index contributed by atoms with van der Waals surface area (Å²) in [5, 5.41) is 19.0. The molecular formula is C14H10IN3O. The second kappa shape index (κ2) is 5.00. The Labute approximate surface area is 123 Å². The van der Waals surface area contributed by atoms with Crippen LogP contribution in [0.4, 0.5) is 11.4 Å². The molecule has 19 heavy (non-hydrogen) atoms. The first kappa shape index (κ1) is 12.2. The van der Waals surface area contributed by atoms with E-state index in [1.807, 2.05) is 48.5 Å². The highest BCUT2D eigenvalue weighted by atomic mass is 127. The Morgan fingerprint density at radius 3 is 2.58 bits per heavy atom. The largest absolute Gasteiger partial charge is 0.493 e. The van der Waals surface area contributed by atoms with Gasteiger partial charge in [0, 0.05) is 8.96 Å². The fourth-order valence-electron chi connectivity index (χ4n) is 1.84. The molecule has 0 aliphatic carbocycles. The number of benzene rings is 2. The maximum absolute atomic E-state index is 9.89. The molecule has 0 saturated carbocycles. The van der Waals surface area contributed by atoms with Gasteiger partial charge in [-0.2, -0.15) is 5.11 Å². The van der Waals surface area contributed by atoms with Crippen LogP contribution in [0.2, 0.25) is 0 Å². The highest BCUT2D eigenvalue weighted by molar-refractivity contribution is 14.1. The SMILES string of the molecule is Oc1[nH]c2ccc(I)cc2c1N=Nc1ccccc1. The summed E-state index contributed by atoms with van der Waals surface area (Å²) in [6.07, 6.45) is 0. The van der Waals surface area contributed by atoms with Crippen molar-refractivity contribution < 1.29 is 5.11 Å². The van der Waals surface area contributed by atoms with E-state index in [0.29, 0.717) is 5.69 Å². The molecule has 2 N–H and O–H groups in total. The number of aromatic hydroxyl groups is 1. The number of nitrogens with one attached hydrogen (secondary N) is 1. The zero-order chi connectivity index (χ0) is 13.2. The van der Waals surface area contributed by atoms with Gasteiger partial charge in [-0.05, 0) is 52.9 Å². The number of fused-ring (bicyclic) bond motifs is 1. The van der Waals surface area contributed by atoms with E-state index >= 15 is 0 Å². The van der Waals surface area contributed by atoms with Crippen molar-refractivity contribution in [1.82, 2.24) is 4.98 Å². The Morgan fingerprint density at radius 1 is 1.00 bits per heavy atom. The lowest BCUT2D eigenvalue weighted by molar-refractivity contribution is 0.459. The zero-order valence-corrected chi connectivity index (χ0v) is 12.0. The summed E-state index contributed by atoms with van der Waals surface area (Å²) in [7, 11) is 0. The van der Waals surface area contributed by atoms with E-state index in [1.165, 1.54) is 0 Å². The Kier molecular flexibility index (Phi) is 3.20. The summed E-state index contributed by atoms with van der Waals surface area (Å²) in [6.45, 7) is 0. The predicted molar refractivity (Wildman–Crippen MR) is 83.3 cm³/mol. The van der Waals surface area contributed by atoms with Gasteiger partial charge >= 0.3 is 0 Å². The lowest BCUT2D eigenvalue weighted by Gasteiger charge is -1.93. The van der Waals surface area contributed by atoms with Crippen LogP contribution in [0.1, 0.15) is 0 Å². The molecule has 0 aliphatic rings. The van der Waals surface area contributed by atoms with Crippen molar-refractivity contribution in [2.75, 3.05) is 0 Å². The second-order valence-corrected chi connectivity index (χ2v) is 5.29. The van der Waals surface area contributed by atoms with E-state index in [-0.39, 0.29) is 5.88 Å². The van der Waals surface area contributed by atoms with Crippen molar-refractivity contribution >= 4 is 44.9 Å². The van der Waals surface area contributed by atoms with Gasteiger partial charge in [0.15, 0.2) is 5.69 Å². The normalized spacial score (nSPS) is 11.4. The number of hydrogen-bond acceptors (Lipinski definition) is 3. The summed E-state index contributed by atoms with van der Waals surface area (Å²) in [5.41, 5.74) is 2.07. The van der Waals surface area contributed by atoms with E-state index in [2.05, 4.69) is 37.8 Å². The maximum Gasteiger partial charge on any atom is 0.218 e. The Balaban J connectivity index is 2.07. The van der Waals surface area contributed by atoms with Gasteiger partial charge in [-0.25, -0.2) is 0 Å². The molecule has 94 valence electrons. The standard InChI is InChI=1S/C14H10IN3O/c15-9-6-7-12-11(8-9)13(14(19)16-12)18-17-10-4-2-1-3-5-10/h1-8,16,19H. The minimum atomic E-state index is 0.0386. The second-order valence-electron chi connectivity index (χ2n) is 4.05. The third-order valence-corrected chi connectivity index (χ3v) is 3.41. The maximum atomic E-state index is 9.89. The number of hydrogen-bond donors (Lipinski definition) is 2. The lowest BCUT2D eigenvalue weighted by Crippen LogP contribution is -1.70. The molecule has 3 aromatic rings. The summed E-state index contributed by atoms with van der Waals surface area (Å²) in [6, 6.07) is 15.3. The zero-order valence-electron chi connectivity index (χ0n) is 9.84. The summed E-state index contributed by atoms with van der Waals surface area (Å²) >= 11 is 2.23. The van der Waals surface area contributed by atoms with E-state index in [9.17, 15) is 5.11 Å². The fourth-order valence-corrected chi connectivity index (χ4v) is 2.33. The van der Waals surface area contributed by atoms with Crippen LogP contribution in [0.25, 0.3) is 10.9 Å². The Bertz CT molecular complexity index is 750. The average molecular weight is 363 g/mol. The van der Waals surface area contributed by atoms with Crippen LogP contribution in [0.15, 0.2) is 58.8 Å². The molecule has 0 amide bonds. The molecule has 5 heteroatoms. The van der Waals surface area contributed by atoms with Crippen molar-refractivity contribution in [2.24, 2.45) is 10.2 Å². The van der Waals surface area contributed by atoms with Crippen molar-refractivity contribution in [3.8, 4) is 5.88 Å². The highest BCUT2D eigenvalue weighted by Gasteiger charge is 2.10. The first-order valence-corrected chi connectivity index (χ1v) is 6.79. The van der Waals surface area contributed by atoms with E-state index in [4.69, 9.17) is 0 Å². The molecule has 0 fully saturated rings. The van der Waals surface area contributed by atoms with Gasteiger partial charge in [-0.15, -0.1) is 5.11 Å². The number of aromatic amines is 1. The average Bonchev–Trinajstić information content (AvgIpc) is 2.73. The molecule has 2 aromatic carbocycles. The number of rotatable bonds is 2. The van der Waals surface area contributed by atoms with E-state index in [0.717, 1.165) is 20.2 Å². The molecule has 0 saturated heterocycles. The van der Waals surface area contributed by atoms with Gasteiger partial charge in [0.25, 0.3) is 0 Å². The van der Waals surface area contributed by atoms with Crippen molar-refractivity contribution in [3.05, 3.63) is 52.1 Å². The molecule has 3 rings (SSSR count). The molecular weight excluding hydrogens is 353 g/mol. The van der Waals surface area contributed by atoms with Gasteiger partial charge in [0.05, 0.1) is 11.2 Å². The van der Waals surface area contributed by atoms with Gasteiger partial charge in [-0.3, -0.25) is 0 Å². The molecule has 0 aliphatic heterocycles. The number of H-pyrrole nitrogens is 1. The third-order valence-electron chi connectivity index (χ3n) is 2.74. The van der Waals surface area contributed by atoms with Gasteiger partial charge < -0.3 is 10.1 Å². The monoisotopic (exact) mass is 363 g/mol. The van der Waals surface area contributed by atoms with Crippen LogP contribution in [-0.2, 0) is 0 Å². The quantitative estimate of drug-likeness (QED) is 0.494. The van der Waals surface area contributed by atoms with Crippen molar-refractivity contribution in [2.45, 2.75) is 0 Å². The van der Waals surface area contributed by atoms with Crippen molar-refractivity contribution in [1.29, 1.82) is 0 Å². The fraction of sp³-hybridized carbons (Fsp3) is 0. The van der Waals surface area contributed by atoms with Gasteiger partial charge in [0.1, 0.15) is 0 Å². The van der Waals surface area contributed by atoms with Crippen LogP contribution in [0.3, 0.4) is 0 Å². The van der Waals surface area contributed by atoms with Crippen LogP contribution in [0, 0.1) is 3.57 Å². The van der Waals surface area contributed by atoms with Gasteiger partial charge in [0.2, 0.25) is 5.88 Å². The Morgan fingerprint density at radius 2 is 1.79 bits per heavy atom. The number of halogens is 1. The number of azo groups is 1. The van der Waals surface area contributed by atoms with Crippen LogP contribution in [0.5, 0.6) is 5.88 Å². The minimum absolute atomic E-state index is 0.0386. The molecule has 0 spiro atoms. The van der Waals surface area contributed by atoms with Crippen LogP contribution in [-0.4, -0.2) is 10.1 Å². The molecule has 4 nitrogen and oxygen atoms in total. The third kappa shape index (κ3) is 2.46. The van der Waals surface area contributed by atoms with Gasteiger partial charge in [-0.1, -0.05) is 18.2 Å². The Hall–Kier alpha value is -1.89. The van der Waals surface area contributed by atoms with Crippen LogP contribution >= 0.6 is 22.6 Å². The topological polar surface area (TPSA) is 60.7 Å². The van der Waals surface area contributed by atoms with E-state index < -0.39 is 0 Å². The first-order valence-electron chi connectivity index (χ1n) is 5.71. The highest BCUT2D eigenvalue weighted by Crippen LogP contribution is 2.36. The lowest BCUT2D eigenvalue weighted by atomic mass is 10.2. The molecule has 0 unspecified atom stereocenters. The van der Waals surface area contributed by atoms with Crippen molar-refractivity contribution in [3.63, 3.8) is 0 Å². The summed E-state index contributed by atoms with van der Waals surface area (Å²) in [4.78, 5) is 2.89. The molecule has 0 bridgehead atoms. The molecule has 1 aromatic heterocycles. The summed E-state index contributed by atoms with van der Waals surface area (Å²) in [5.74, 6) is 0.0386. The molecule has 0 atom stereocenters. The number of nitrogens with zero attached hydrogens (tertiary/aromatic N) is 2. The number of aromatic nitrogens is 1. The first-order chi connectivity index (χ1) is 9.24. The smallest absolute Gasteiger partial charge is 0.218 e. The summed E-state index contributed by atoms with van der Waals surface area (Å²) < 4.78 is 1.08. The van der Waals surface area contributed by atoms with Crippen LogP contribution < -0.4 is 0 Å². The molecule has 1 heterocycles.